The summed E-state index contributed by atoms with van der Waals surface area (Å²) in [4.78, 5) is 21.2. The molecule has 2 aromatic rings. The van der Waals surface area contributed by atoms with Gasteiger partial charge in [-0.2, -0.15) is 0 Å². The fraction of sp³-hybridized carbons (Fsp3) is 0.625. The standard InChI is InChI=1S/C16H26N6O3/c1-19(2)7-5-8-20(3)9-6-10-21(4)16-13-11-18-25-15(13)14(12-17-16)22(23)24/h11-12H,5-10H2,1-4H3. The van der Waals surface area contributed by atoms with Crippen LogP contribution < -0.4 is 4.90 Å². The number of aromatic nitrogens is 2. The van der Waals surface area contributed by atoms with E-state index in [-0.39, 0.29) is 11.3 Å². The predicted octanol–water partition coefficient (Wildman–Crippen LogP) is 1.84. The summed E-state index contributed by atoms with van der Waals surface area (Å²) in [6, 6.07) is 0. The van der Waals surface area contributed by atoms with E-state index >= 15 is 0 Å². The van der Waals surface area contributed by atoms with Crippen molar-refractivity contribution in [3.8, 4) is 0 Å². The number of anilines is 1. The van der Waals surface area contributed by atoms with E-state index in [4.69, 9.17) is 4.52 Å². The predicted molar refractivity (Wildman–Crippen MR) is 97.0 cm³/mol. The van der Waals surface area contributed by atoms with Crippen molar-refractivity contribution in [1.82, 2.24) is 19.9 Å². The van der Waals surface area contributed by atoms with E-state index in [2.05, 4.69) is 41.1 Å². The second-order valence-electron chi connectivity index (χ2n) is 6.53. The Morgan fingerprint density at radius 3 is 2.40 bits per heavy atom. The molecule has 0 saturated carbocycles. The molecule has 9 nitrogen and oxygen atoms in total. The lowest BCUT2D eigenvalue weighted by molar-refractivity contribution is -0.384. The number of pyridine rings is 1. The Morgan fingerprint density at radius 2 is 1.76 bits per heavy atom. The molecule has 0 aliphatic carbocycles. The van der Waals surface area contributed by atoms with Gasteiger partial charge in [0.2, 0.25) is 5.58 Å². The van der Waals surface area contributed by atoms with E-state index < -0.39 is 4.92 Å². The molecule has 2 heterocycles. The van der Waals surface area contributed by atoms with Gasteiger partial charge in [0.1, 0.15) is 12.0 Å². The molecule has 2 rings (SSSR count). The zero-order valence-corrected chi connectivity index (χ0v) is 15.3. The molecular formula is C16H26N6O3. The van der Waals surface area contributed by atoms with Crippen LogP contribution in [0.1, 0.15) is 12.8 Å². The highest BCUT2D eigenvalue weighted by Crippen LogP contribution is 2.30. The van der Waals surface area contributed by atoms with Crippen molar-refractivity contribution >= 4 is 22.5 Å². The molecule has 25 heavy (non-hydrogen) atoms. The average molecular weight is 350 g/mol. The topological polar surface area (TPSA) is 91.8 Å². The van der Waals surface area contributed by atoms with Gasteiger partial charge in [0.05, 0.1) is 16.5 Å². The number of hydrogen-bond acceptors (Lipinski definition) is 8. The minimum atomic E-state index is -0.507. The number of nitrogens with zero attached hydrogens (tertiary/aromatic N) is 6. The van der Waals surface area contributed by atoms with Gasteiger partial charge in [-0.3, -0.25) is 10.1 Å². The van der Waals surface area contributed by atoms with Gasteiger partial charge < -0.3 is 19.2 Å². The van der Waals surface area contributed by atoms with E-state index in [1.807, 2.05) is 11.9 Å². The van der Waals surface area contributed by atoms with Crippen molar-refractivity contribution in [2.75, 3.05) is 59.3 Å². The number of rotatable bonds is 10. The van der Waals surface area contributed by atoms with Gasteiger partial charge in [0, 0.05) is 13.6 Å². The average Bonchev–Trinajstić information content (AvgIpc) is 3.02. The first kappa shape index (κ1) is 19.1. The summed E-state index contributed by atoms with van der Waals surface area (Å²) in [5.41, 5.74) is 0.00734. The van der Waals surface area contributed by atoms with E-state index in [1.165, 1.54) is 12.4 Å². The first-order chi connectivity index (χ1) is 11.9. The van der Waals surface area contributed by atoms with Crippen LogP contribution >= 0.6 is 0 Å². The Morgan fingerprint density at radius 1 is 1.08 bits per heavy atom. The largest absolute Gasteiger partial charge is 0.359 e. The molecule has 2 aromatic heterocycles. The maximum Gasteiger partial charge on any atom is 0.333 e. The summed E-state index contributed by atoms with van der Waals surface area (Å²) in [7, 11) is 8.21. The third kappa shape index (κ3) is 5.10. The summed E-state index contributed by atoms with van der Waals surface area (Å²) in [6.45, 7) is 3.93. The SMILES string of the molecule is CN(C)CCCN(C)CCCN(C)c1ncc([N+](=O)[O-])c2oncc12. The molecule has 0 bridgehead atoms. The van der Waals surface area contributed by atoms with Crippen molar-refractivity contribution in [3.63, 3.8) is 0 Å². The van der Waals surface area contributed by atoms with Crippen LogP contribution in [-0.2, 0) is 0 Å². The zero-order chi connectivity index (χ0) is 18.4. The fourth-order valence-electron chi connectivity index (χ4n) is 2.72. The first-order valence-corrected chi connectivity index (χ1v) is 8.32. The molecule has 0 aliphatic rings. The van der Waals surface area contributed by atoms with Gasteiger partial charge in [-0.25, -0.2) is 4.98 Å². The minimum Gasteiger partial charge on any atom is -0.359 e. The van der Waals surface area contributed by atoms with Gasteiger partial charge in [-0.05, 0) is 53.6 Å². The Bertz CT molecular complexity index is 702. The monoisotopic (exact) mass is 350 g/mol. The molecule has 138 valence electrons. The molecule has 0 atom stereocenters. The second-order valence-corrected chi connectivity index (χ2v) is 6.53. The maximum absolute atomic E-state index is 11.0. The summed E-state index contributed by atoms with van der Waals surface area (Å²) in [5, 5.41) is 15.3. The minimum absolute atomic E-state index is 0.162. The van der Waals surface area contributed by atoms with Gasteiger partial charge >= 0.3 is 5.69 Å². The third-order valence-electron chi connectivity index (χ3n) is 4.09. The highest BCUT2D eigenvalue weighted by Gasteiger charge is 2.21. The Labute approximate surface area is 147 Å². The normalized spacial score (nSPS) is 11.6. The molecule has 0 aromatic carbocycles. The van der Waals surface area contributed by atoms with E-state index in [0.717, 1.165) is 39.0 Å². The highest BCUT2D eigenvalue weighted by molar-refractivity contribution is 5.93. The molecule has 0 fully saturated rings. The van der Waals surface area contributed by atoms with Crippen molar-refractivity contribution in [2.45, 2.75) is 12.8 Å². The van der Waals surface area contributed by atoms with Crippen molar-refractivity contribution in [3.05, 3.63) is 22.5 Å². The lowest BCUT2D eigenvalue weighted by Gasteiger charge is -2.22. The van der Waals surface area contributed by atoms with Crippen LogP contribution in [0.5, 0.6) is 0 Å². The first-order valence-electron chi connectivity index (χ1n) is 8.32. The van der Waals surface area contributed by atoms with Crippen molar-refractivity contribution < 1.29 is 9.45 Å². The van der Waals surface area contributed by atoms with Crippen LogP contribution in [0.25, 0.3) is 11.0 Å². The molecule has 9 heteroatoms. The van der Waals surface area contributed by atoms with Gasteiger partial charge in [0.15, 0.2) is 0 Å². The van der Waals surface area contributed by atoms with Gasteiger partial charge in [-0.1, -0.05) is 5.16 Å². The molecule has 0 amide bonds. The second kappa shape index (κ2) is 8.72. The number of nitro groups is 1. The lowest BCUT2D eigenvalue weighted by Crippen LogP contribution is -2.28. The summed E-state index contributed by atoms with van der Waals surface area (Å²) in [5.74, 6) is 0.650. The van der Waals surface area contributed by atoms with Gasteiger partial charge in [0.25, 0.3) is 0 Å². The lowest BCUT2D eigenvalue weighted by atomic mass is 10.2. The van der Waals surface area contributed by atoms with E-state index in [1.54, 1.807) is 0 Å². The van der Waals surface area contributed by atoms with Crippen LogP contribution in [0.15, 0.2) is 16.9 Å². The van der Waals surface area contributed by atoms with Crippen molar-refractivity contribution in [2.24, 2.45) is 0 Å². The Hall–Kier alpha value is -2.26. The molecule has 0 radical (unpaired) electrons. The third-order valence-corrected chi connectivity index (χ3v) is 4.09. The summed E-state index contributed by atoms with van der Waals surface area (Å²) in [6.07, 6.45) is 4.83. The molecule has 0 saturated heterocycles. The smallest absolute Gasteiger partial charge is 0.333 e. The molecule has 0 spiro atoms. The quantitative estimate of drug-likeness (QED) is 0.473. The van der Waals surface area contributed by atoms with Crippen LogP contribution in [0.4, 0.5) is 11.5 Å². The molecule has 0 aliphatic heterocycles. The zero-order valence-electron chi connectivity index (χ0n) is 15.3. The number of fused-ring (bicyclic) bond motifs is 1. The summed E-state index contributed by atoms with van der Waals surface area (Å²) >= 11 is 0. The van der Waals surface area contributed by atoms with Crippen LogP contribution in [0.2, 0.25) is 0 Å². The Kier molecular flexibility index (Phi) is 6.65. The maximum atomic E-state index is 11.0. The van der Waals surface area contributed by atoms with Crippen LogP contribution in [0.3, 0.4) is 0 Å². The van der Waals surface area contributed by atoms with E-state index in [9.17, 15) is 10.1 Å². The fourth-order valence-corrected chi connectivity index (χ4v) is 2.72. The molecule has 0 unspecified atom stereocenters. The highest BCUT2D eigenvalue weighted by atomic mass is 16.6. The van der Waals surface area contributed by atoms with Crippen LogP contribution in [0, 0.1) is 10.1 Å². The van der Waals surface area contributed by atoms with Crippen molar-refractivity contribution in [1.29, 1.82) is 0 Å². The molecule has 0 N–H and O–H groups in total. The van der Waals surface area contributed by atoms with Crippen LogP contribution in [-0.4, -0.2) is 79.2 Å². The number of hydrogen-bond donors (Lipinski definition) is 0. The Balaban J connectivity index is 1.90. The van der Waals surface area contributed by atoms with E-state index in [0.29, 0.717) is 11.2 Å². The molecular weight excluding hydrogens is 324 g/mol. The summed E-state index contributed by atoms with van der Waals surface area (Å²) < 4.78 is 5.04. The van der Waals surface area contributed by atoms with Gasteiger partial charge in [-0.15, -0.1) is 0 Å².